The van der Waals surface area contributed by atoms with Gasteiger partial charge in [-0.1, -0.05) is 0 Å². The summed E-state index contributed by atoms with van der Waals surface area (Å²) in [6.07, 6.45) is 0.209. The predicted molar refractivity (Wildman–Crippen MR) is 78.1 cm³/mol. The third-order valence-corrected chi connectivity index (χ3v) is 3.53. The number of β-amino-alcohol motifs (C(OH)–C–C–N with tert-alkyl or cyclic N) is 1. The first-order valence-electron chi connectivity index (χ1n) is 6.60. The number of nitrogens with two attached hydrogens (primary N) is 1. The molecule has 0 amide bonds. The monoisotopic (exact) mass is 279 g/mol. The normalized spacial score (nSPS) is 22.5. The molecule has 0 aromatic heterocycles. The smallest absolute Gasteiger partial charge is 0.337 e. The van der Waals surface area contributed by atoms with Crippen molar-refractivity contribution in [3.63, 3.8) is 0 Å². The SMILES string of the molecule is CN(C)CC1CC(O)CN1c1ccc(N)cc1C(=O)O. The van der Waals surface area contributed by atoms with Crippen molar-refractivity contribution < 1.29 is 15.0 Å². The maximum Gasteiger partial charge on any atom is 0.337 e. The third kappa shape index (κ3) is 3.02. The van der Waals surface area contributed by atoms with Gasteiger partial charge in [-0.25, -0.2) is 4.79 Å². The van der Waals surface area contributed by atoms with Crippen molar-refractivity contribution in [1.29, 1.82) is 0 Å². The second kappa shape index (κ2) is 5.68. The van der Waals surface area contributed by atoms with E-state index in [2.05, 4.69) is 0 Å². The first kappa shape index (κ1) is 14.6. The summed E-state index contributed by atoms with van der Waals surface area (Å²) >= 11 is 0. The van der Waals surface area contributed by atoms with Gasteiger partial charge in [-0.05, 0) is 38.7 Å². The number of nitrogens with zero attached hydrogens (tertiary/aromatic N) is 2. The molecule has 1 aliphatic heterocycles. The second-order valence-electron chi connectivity index (χ2n) is 5.54. The van der Waals surface area contributed by atoms with E-state index in [4.69, 9.17) is 5.73 Å². The highest BCUT2D eigenvalue weighted by molar-refractivity contribution is 5.95. The molecule has 20 heavy (non-hydrogen) atoms. The lowest BCUT2D eigenvalue weighted by Gasteiger charge is -2.29. The molecule has 1 aromatic rings. The number of carbonyl (C=O) groups is 1. The van der Waals surface area contributed by atoms with Gasteiger partial charge in [0.1, 0.15) is 0 Å². The molecule has 1 saturated heterocycles. The van der Waals surface area contributed by atoms with Gasteiger partial charge in [0.05, 0.1) is 17.4 Å². The molecule has 1 aliphatic rings. The van der Waals surface area contributed by atoms with E-state index in [1.807, 2.05) is 23.9 Å². The van der Waals surface area contributed by atoms with E-state index in [0.717, 1.165) is 6.54 Å². The molecule has 1 heterocycles. The molecule has 1 fully saturated rings. The highest BCUT2D eigenvalue weighted by Crippen LogP contribution is 2.30. The number of likely N-dealkylation sites (N-methyl/N-ethyl adjacent to an activating group) is 1. The van der Waals surface area contributed by atoms with Crippen molar-refractivity contribution in [1.82, 2.24) is 4.90 Å². The number of aliphatic hydroxyl groups excluding tert-OH is 1. The van der Waals surface area contributed by atoms with Gasteiger partial charge < -0.3 is 25.7 Å². The molecule has 0 bridgehead atoms. The fourth-order valence-corrected chi connectivity index (χ4v) is 2.76. The van der Waals surface area contributed by atoms with Crippen LogP contribution in [-0.2, 0) is 0 Å². The minimum absolute atomic E-state index is 0.0988. The molecule has 2 atom stereocenters. The lowest BCUT2D eigenvalue weighted by atomic mass is 10.1. The van der Waals surface area contributed by atoms with Crippen molar-refractivity contribution in [2.24, 2.45) is 0 Å². The van der Waals surface area contributed by atoms with Crippen molar-refractivity contribution in [3.8, 4) is 0 Å². The lowest BCUT2D eigenvalue weighted by Crippen LogP contribution is -2.38. The first-order valence-corrected chi connectivity index (χ1v) is 6.60. The number of aliphatic hydroxyl groups is 1. The van der Waals surface area contributed by atoms with Crippen LogP contribution >= 0.6 is 0 Å². The molecule has 0 radical (unpaired) electrons. The number of rotatable bonds is 4. The average Bonchev–Trinajstić information content (AvgIpc) is 2.69. The average molecular weight is 279 g/mol. The van der Waals surface area contributed by atoms with Crippen LogP contribution in [0.15, 0.2) is 18.2 Å². The Morgan fingerprint density at radius 1 is 1.50 bits per heavy atom. The number of hydrogen-bond donors (Lipinski definition) is 3. The first-order chi connectivity index (χ1) is 9.38. The van der Waals surface area contributed by atoms with Crippen LogP contribution in [0.3, 0.4) is 0 Å². The number of carboxylic acid groups (broad SMARTS) is 1. The van der Waals surface area contributed by atoms with E-state index >= 15 is 0 Å². The fourth-order valence-electron chi connectivity index (χ4n) is 2.76. The predicted octanol–water partition coefficient (Wildman–Crippen LogP) is 0.468. The molecular weight excluding hydrogens is 258 g/mol. The molecular formula is C14H21N3O3. The van der Waals surface area contributed by atoms with Gasteiger partial charge in [-0.3, -0.25) is 0 Å². The quantitative estimate of drug-likeness (QED) is 0.694. The third-order valence-electron chi connectivity index (χ3n) is 3.53. The molecule has 0 saturated carbocycles. The topological polar surface area (TPSA) is 90.0 Å². The number of benzene rings is 1. The van der Waals surface area contributed by atoms with Crippen molar-refractivity contribution in [2.45, 2.75) is 18.6 Å². The van der Waals surface area contributed by atoms with Gasteiger partial charge >= 0.3 is 5.97 Å². The van der Waals surface area contributed by atoms with Gasteiger partial charge in [0, 0.05) is 24.8 Å². The Hall–Kier alpha value is -1.79. The Balaban J connectivity index is 2.36. The van der Waals surface area contributed by atoms with Crippen LogP contribution in [0.4, 0.5) is 11.4 Å². The zero-order valence-electron chi connectivity index (χ0n) is 11.8. The Bertz CT molecular complexity index is 504. The van der Waals surface area contributed by atoms with Crippen LogP contribution in [0.25, 0.3) is 0 Å². The van der Waals surface area contributed by atoms with Crippen LogP contribution in [0.5, 0.6) is 0 Å². The van der Waals surface area contributed by atoms with E-state index in [1.165, 1.54) is 6.07 Å². The minimum Gasteiger partial charge on any atom is -0.478 e. The molecule has 0 aliphatic carbocycles. The Kier molecular flexibility index (Phi) is 4.15. The molecule has 4 N–H and O–H groups in total. The van der Waals surface area contributed by atoms with Crippen LogP contribution in [0.2, 0.25) is 0 Å². The summed E-state index contributed by atoms with van der Waals surface area (Å²) in [4.78, 5) is 15.4. The van der Waals surface area contributed by atoms with E-state index in [9.17, 15) is 15.0 Å². The van der Waals surface area contributed by atoms with E-state index in [1.54, 1.807) is 12.1 Å². The summed E-state index contributed by atoms with van der Waals surface area (Å²) in [7, 11) is 3.92. The lowest BCUT2D eigenvalue weighted by molar-refractivity contribution is 0.0697. The van der Waals surface area contributed by atoms with Crippen LogP contribution in [-0.4, -0.2) is 60.4 Å². The van der Waals surface area contributed by atoms with E-state index in [0.29, 0.717) is 24.3 Å². The summed E-state index contributed by atoms with van der Waals surface area (Å²) in [6.45, 7) is 1.21. The highest BCUT2D eigenvalue weighted by atomic mass is 16.4. The number of aromatic carboxylic acids is 1. The van der Waals surface area contributed by atoms with Gasteiger partial charge in [0.2, 0.25) is 0 Å². The molecule has 0 spiro atoms. The van der Waals surface area contributed by atoms with Crippen molar-refractivity contribution >= 4 is 17.3 Å². The standard InChI is InChI=1S/C14H21N3O3/c1-16(2)7-10-6-11(18)8-17(10)13-4-3-9(15)5-12(13)14(19)20/h3-5,10-11,18H,6-8,15H2,1-2H3,(H,19,20). The summed E-state index contributed by atoms with van der Waals surface area (Å²) in [5.41, 5.74) is 6.90. The summed E-state index contributed by atoms with van der Waals surface area (Å²) in [5.74, 6) is -1.00. The Morgan fingerprint density at radius 3 is 2.80 bits per heavy atom. The van der Waals surface area contributed by atoms with Crippen molar-refractivity contribution in [2.75, 3.05) is 37.8 Å². The maximum atomic E-state index is 11.4. The zero-order chi connectivity index (χ0) is 14.9. The molecule has 1 aromatic carbocycles. The summed E-state index contributed by atoms with van der Waals surface area (Å²) in [6, 6.07) is 4.98. The number of carboxylic acids is 1. The minimum atomic E-state index is -1.00. The highest BCUT2D eigenvalue weighted by Gasteiger charge is 2.33. The Morgan fingerprint density at radius 2 is 2.20 bits per heavy atom. The zero-order valence-corrected chi connectivity index (χ0v) is 11.8. The maximum absolute atomic E-state index is 11.4. The van der Waals surface area contributed by atoms with Gasteiger partial charge in [-0.15, -0.1) is 0 Å². The second-order valence-corrected chi connectivity index (χ2v) is 5.54. The van der Waals surface area contributed by atoms with Crippen molar-refractivity contribution in [3.05, 3.63) is 23.8 Å². The fraction of sp³-hybridized carbons (Fsp3) is 0.500. The van der Waals surface area contributed by atoms with E-state index < -0.39 is 12.1 Å². The number of hydrogen-bond acceptors (Lipinski definition) is 5. The van der Waals surface area contributed by atoms with E-state index in [-0.39, 0.29) is 11.6 Å². The van der Waals surface area contributed by atoms with Crippen LogP contribution in [0, 0.1) is 0 Å². The van der Waals surface area contributed by atoms with Gasteiger partial charge in [-0.2, -0.15) is 0 Å². The Labute approximate surface area is 118 Å². The molecule has 6 heteroatoms. The number of nitrogen functional groups attached to an aromatic ring is 1. The molecule has 6 nitrogen and oxygen atoms in total. The number of anilines is 2. The molecule has 110 valence electrons. The van der Waals surface area contributed by atoms with Gasteiger partial charge in [0.25, 0.3) is 0 Å². The largest absolute Gasteiger partial charge is 0.478 e. The molecule has 2 rings (SSSR count). The van der Waals surface area contributed by atoms with Crippen LogP contribution < -0.4 is 10.6 Å². The van der Waals surface area contributed by atoms with Crippen LogP contribution in [0.1, 0.15) is 16.8 Å². The molecule has 2 unspecified atom stereocenters. The summed E-state index contributed by atoms with van der Waals surface area (Å²) in [5, 5.41) is 19.2. The summed E-state index contributed by atoms with van der Waals surface area (Å²) < 4.78 is 0. The van der Waals surface area contributed by atoms with Gasteiger partial charge in [0.15, 0.2) is 0 Å².